The molecule has 1 aliphatic heterocycles. The van der Waals surface area contributed by atoms with Gasteiger partial charge < -0.3 is 19.5 Å². The predicted octanol–water partition coefficient (Wildman–Crippen LogP) is 1.39. The van der Waals surface area contributed by atoms with Gasteiger partial charge in [-0.3, -0.25) is 0 Å². The molecule has 1 heterocycles. The van der Waals surface area contributed by atoms with E-state index in [1.165, 1.54) is 0 Å². The number of carbonyl (C=O) groups excluding carboxylic acids is 1. The first kappa shape index (κ1) is 13.6. The van der Waals surface area contributed by atoms with Crippen LogP contribution >= 0.6 is 0 Å². The number of carbonyl (C=O) groups is 1. The Hall–Kier alpha value is -0.810. The van der Waals surface area contributed by atoms with Gasteiger partial charge in [-0.2, -0.15) is 0 Å². The standard InChI is InChI=1S/C13H23NO4/c1-12(2,3)18-11(16)14-8-13(9-14)6-10(7-13)17-5-4-15/h10,15H,4-9H2,1-3H3. The molecule has 0 aromatic rings. The summed E-state index contributed by atoms with van der Waals surface area (Å²) in [5.74, 6) is 0. The fourth-order valence-corrected chi connectivity index (χ4v) is 2.72. The first-order valence-electron chi connectivity index (χ1n) is 6.54. The quantitative estimate of drug-likeness (QED) is 0.830. The lowest BCUT2D eigenvalue weighted by Gasteiger charge is -2.58. The summed E-state index contributed by atoms with van der Waals surface area (Å²) in [6, 6.07) is 0. The van der Waals surface area contributed by atoms with Gasteiger partial charge in [-0.25, -0.2) is 4.79 Å². The summed E-state index contributed by atoms with van der Waals surface area (Å²) in [5, 5.41) is 8.66. The summed E-state index contributed by atoms with van der Waals surface area (Å²) < 4.78 is 10.8. The molecule has 1 spiro atoms. The van der Waals surface area contributed by atoms with E-state index in [4.69, 9.17) is 14.6 Å². The lowest BCUT2D eigenvalue weighted by Crippen LogP contribution is -2.65. The molecule has 5 heteroatoms. The number of likely N-dealkylation sites (tertiary alicyclic amines) is 1. The van der Waals surface area contributed by atoms with Gasteiger partial charge in [0.15, 0.2) is 0 Å². The van der Waals surface area contributed by atoms with Gasteiger partial charge in [-0.1, -0.05) is 0 Å². The van der Waals surface area contributed by atoms with Gasteiger partial charge in [-0.15, -0.1) is 0 Å². The zero-order valence-electron chi connectivity index (χ0n) is 11.4. The van der Waals surface area contributed by atoms with Crippen molar-refractivity contribution in [2.45, 2.75) is 45.3 Å². The van der Waals surface area contributed by atoms with E-state index in [1.54, 1.807) is 4.90 Å². The second kappa shape index (κ2) is 4.70. The number of aliphatic hydroxyl groups excluding tert-OH is 1. The number of hydrogen-bond donors (Lipinski definition) is 1. The lowest BCUT2D eigenvalue weighted by molar-refractivity contribution is -0.149. The number of amides is 1. The van der Waals surface area contributed by atoms with Crippen LogP contribution in [-0.2, 0) is 9.47 Å². The van der Waals surface area contributed by atoms with Crippen molar-refractivity contribution in [1.29, 1.82) is 0 Å². The SMILES string of the molecule is CC(C)(C)OC(=O)N1CC2(CC(OCCO)C2)C1. The fraction of sp³-hybridized carbons (Fsp3) is 0.923. The van der Waals surface area contributed by atoms with Crippen LogP contribution in [0.4, 0.5) is 4.79 Å². The van der Waals surface area contributed by atoms with E-state index in [0.29, 0.717) is 6.61 Å². The second-order valence-electron chi connectivity index (χ2n) is 6.46. The Labute approximate surface area is 108 Å². The van der Waals surface area contributed by atoms with Crippen LogP contribution in [0.2, 0.25) is 0 Å². The van der Waals surface area contributed by atoms with Gasteiger partial charge in [0.2, 0.25) is 0 Å². The molecule has 1 aliphatic carbocycles. The normalized spacial score (nSPS) is 22.6. The molecular formula is C13H23NO4. The van der Waals surface area contributed by atoms with Gasteiger partial charge in [0.25, 0.3) is 0 Å². The lowest BCUT2D eigenvalue weighted by atomic mass is 9.62. The van der Waals surface area contributed by atoms with E-state index in [0.717, 1.165) is 25.9 Å². The summed E-state index contributed by atoms with van der Waals surface area (Å²) in [6.45, 7) is 7.68. The summed E-state index contributed by atoms with van der Waals surface area (Å²) in [7, 11) is 0. The monoisotopic (exact) mass is 257 g/mol. The van der Waals surface area contributed by atoms with E-state index in [1.807, 2.05) is 20.8 Å². The van der Waals surface area contributed by atoms with Crippen LogP contribution in [-0.4, -0.2) is 54.1 Å². The molecule has 0 aromatic heterocycles. The first-order chi connectivity index (χ1) is 8.34. The molecule has 0 radical (unpaired) electrons. The highest BCUT2D eigenvalue weighted by atomic mass is 16.6. The zero-order chi connectivity index (χ0) is 13.4. The van der Waals surface area contributed by atoms with E-state index < -0.39 is 5.60 Å². The summed E-state index contributed by atoms with van der Waals surface area (Å²) >= 11 is 0. The number of nitrogens with zero attached hydrogens (tertiary/aromatic N) is 1. The Morgan fingerprint density at radius 3 is 2.50 bits per heavy atom. The molecular weight excluding hydrogens is 234 g/mol. The van der Waals surface area contributed by atoms with Crippen molar-refractivity contribution in [2.24, 2.45) is 5.41 Å². The van der Waals surface area contributed by atoms with Gasteiger partial charge in [0, 0.05) is 18.5 Å². The van der Waals surface area contributed by atoms with Gasteiger partial charge >= 0.3 is 6.09 Å². The Bertz CT molecular complexity index is 309. The minimum atomic E-state index is -0.424. The molecule has 1 saturated heterocycles. The third kappa shape index (κ3) is 2.95. The molecule has 2 fully saturated rings. The highest BCUT2D eigenvalue weighted by Gasteiger charge is 2.54. The highest BCUT2D eigenvalue weighted by Crippen LogP contribution is 2.49. The maximum absolute atomic E-state index is 11.8. The van der Waals surface area contributed by atoms with Gasteiger partial charge in [-0.05, 0) is 33.6 Å². The molecule has 1 amide bonds. The van der Waals surface area contributed by atoms with Crippen molar-refractivity contribution in [2.75, 3.05) is 26.3 Å². The van der Waals surface area contributed by atoms with Crippen molar-refractivity contribution >= 4 is 6.09 Å². The van der Waals surface area contributed by atoms with Crippen molar-refractivity contribution < 1.29 is 19.4 Å². The molecule has 18 heavy (non-hydrogen) atoms. The maximum Gasteiger partial charge on any atom is 0.410 e. The average Bonchev–Trinajstić information content (AvgIpc) is 2.09. The minimum absolute atomic E-state index is 0.0769. The van der Waals surface area contributed by atoms with Crippen LogP contribution in [0.25, 0.3) is 0 Å². The highest BCUT2D eigenvalue weighted by molar-refractivity contribution is 5.69. The average molecular weight is 257 g/mol. The molecule has 1 saturated carbocycles. The maximum atomic E-state index is 11.8. The van der Waals surface area contributed by atoms with Gasteiger partial charge in [0.1, 0.15) is 5.60 Å². The first-order valence-corrected chi connectivity index (χ1v) is 6.54. The van der Waals surface area contributed by atoms with E-state index in [-0.39, 0.29) is 24.2 Å². The fourth-order valence-electron chi connectivity index (χ4n) is 2.72. The predicted molar refractivity (Wildman–Crippen MR) is 66.3 cm³/mol. The van der Waals surface area contributed by atoms with E-state index >= 15 is 0 Å². The van der Waals surface area contributed by atoms with Crippen molar-refractivity contribution in [1.82, 2.24) is 4.90 Å². The van der Waals surface area contributed by atoms with Crippen LogP contribution < -0.4 is 0 Å². The number of hydrogen-bond acceptors (Lipinski definition) is 4. The molecule has 2 rings (SSSR count). The largest absolute Gasteiger partial charge is 0.444 e. The van der Waals surface area contributed by atoms with Crippen LogP contribution in [0.1, 0.15) is 33.6 Å². The van der Waals surface area contributed by atoms with Crippen molar-refractivity contribution in [3.05, 3.63) is 0 Å². The third-order valence-corrected chi connectivity index (χ3v) is 3.47. The summed E-state index contributed by atoms with van der Waals surface area (Å²) in [4.78, 5) is 13.5. The molecule has 0 atom stereocenters. The number of rotatable bonds is 3. The minimum Gasteiger partial charge on any atom is -0.444 e. The van der Waals surface area contributed by atoms with Crippen molar-refractivity contribution in [3.63, 3.8) is 0 Å². The number of ether oxygens (including phenoxy) is 2. The topological polar surface area (TPSA) is 59.0 Å². The molecule has 0 bridgehead atoms. The molecule has 1 N–H and O–H groups in total. The number of aliphatic hydroxyl groups is 1. The van der Waals surface area contributed by atoms with Crippen LogP contribution in [0, 0.1) is 5.41 Å². The Balaban J connectivity index is 1.67. The van der Waals surface area contributed by atoms with Gasteiger partial charge in [0.05, 0.1) is 19.3 Å². The second-order valence-corrected chi connectivity index (χ2v) is 6.46. The Morgan fingerprint density at radius 2 is 2.00 bits per heavy atom. The van der Waals surface area contributed by atoms with Crippen LogP contribution in [0.5, 0.6) is 0 Å². The smallest absolute Gasteiger partial charge is 0.410 e. The van der Waals surface area contributed by atoms with Crippen LogP contribution in [0.3, 0.4) is 0 Å². The summed E-state index contributed by atoms with van der Waals surface area (Å²) in [5.41, 5.74) is -0.163. The van der Waals surface area contributed by atoms with Crippen LogP contribution in [0.15, 0.2) is 0 Å². The molecule has 0 aromatic carbocycles. The van der Waals surface area contributed by atoms with E-state index in [2.05, 4.69) is 0 Å². The molecule has 5 nitrogen and oxygen atoms in total. The molecule has 104 valence electrons. The Morgan fingerprint density at radius 1 is 1.39 bits per heavy atom. The zero-order valence-corrected chi connectivity index (χ0v) is 11.4. The molecule has 2 aliphatic rings. The summed E-state index contributed by atoms with van der Waals surface area (Å²) in [6.07, 6.45) is 2.03. The molecule has 0 unspecified atom stereocenters. The van der Waals surface area contributed by atoms with E-state index in [9.17, 15) is 4.79 Å². The van der Waals surface area contributed by atoms with Crippen molar-refractivity contribution in [3.8, 4) is 0 Å². The Kier molecular flexibility index (Phi) is 3.56. The third-order valence-electron chi connectivity index (χ3n) is 3.47.